The van der Waals surface area contributed by atoms with Gasteiger partial charge in [0.05, 0.1) is 5.69 Å². The third-order valence-electron chi connectivity index (χ3n) is 4.96. The van der Waals surface area contributed by atoms with Crippen molar-refractivity contribution in [3.05, 3.63) is 23.5 Å². The van der Waals surface area contributed by atoms with Crippen LogP contribution in [0.15, 0.2) is 12.1 Å². The molecule has 1 saturated carbocycles. The third-order valence-corrected chi connectivity index (χ3v) is 4.96. The van der Waals surface area contributed by atoms with Gasteiger partial charge in [-0.3, -0.25) is 4.79 Å². The number of halogens is 1. The van der Waals surface area contributed by atoms with E-state index in [1.54, 1.807) is 12.1 Å². The fourth-order valence-corrected chi connectivity index (χ4v) is 3.65. The Morgan fingerprint density at radius 3 is 2.62 bits per heavy atom. The highest BCUT2D eigenvalue weighted by atomic mass is 19.1. The van der Waals surface area contributed by atoms with Gasteiger partial charge in [-0.1, -0.05) is 20.3 Å². The molecule has 2 aliphatic rings. The van der Waals surface area contributed by atoms with Gasteiger partial charge in [-0.2, -0.15) is 0 Å². The Morgan fingerprint density at radius 2 is 1.90 bits per heavy atom. The highest BCUT2D eigenvalue weighted by Crippen LogP contribution is 2.34. The first-order valence-electron chi connectivity index (χ1n) is 7.93. The predicted octanol–water partition coefficient (Wildman–Crippen LogP) is 3.95. The summed E-state index contributed by atoms with van der Waals surface area (Å²) in [5.41, 5.74) is 2.16. The van der Waals surface area contributed by atoms with Crippen LogP contribution in [0.5, 0.6) is 0 Å². The smallest absolute Gasteiger partial charge is 0.224 e. The van der Waals surface area contributed by atoms with Crippen LogP contribution in [-0.4, -0.2) is 11.9 Å². The molecule has 1 amide bonds. The lowest BCUT2D eigenvalue weighted by molar-refractivity contribution is -0.116. The monoisotopic (exact) mass is 290 g/mol. The summed E-state index contributed by atoms with van der Waals surface area (Å²) in [5.74, 6) is 0.881. The maximum atomic E-state index is 14.3. The number of nitrogens with one attached hydrogen (secondary N) is 2. The number of amides is 1. The van der Waals surface area contributed by atoms with Crippen molar-refractivity contribution in [1.82, 2.24) is 0 Å². The van der Waals surface area contributed by atoms with Crippen LogP contribution in [0.25, 0.3) is 0 Å². The van der Waals surface area contributed by atoms with Crippen molar-refractivity contribution in [2.75, 3.05) is 10.6 Å². The lowest BCUT2D eigenvalue weighted by Gasteiger charge is -2.36. The Balaban J connectivity index is 1.85. The highest BCUT2D eigenvalue weighted by molar-refractivity contribution is 5.94. The predicted molar refractivity (Wildman–Crippen MR) is 82.9 cm³/mol. The van der Waals surface area contributed by atoms with Crippen molar-refractivity contribution in [2.45, 2.75) is 52.0 Å². The first-order chi connectivity index (χ1) is 10.0. The number of fused-ring (bicyclic) bond motifs is 1. The fourth-order valence-electron chi connectivity index (χ4n) is 3.65. The maximum absolute atomic E-state index is 14.3. The van der Waals surface area contributed by atoms with Gasteiger partial charge in [0.25, 0.3) is 0 Å². The number of hydrogen-bond donors (Lipinski definition) is 2. The van der Waals surface area contributed by atoms with Gasteiger partial charge in [0.2, 0.25) is 5.91 Å². The minimum Gasteiger partial charge on any atom is -0.379 e. The zero-order chi connectivity index (χ0) is 15.0. The standard InChI is InChI=1S/C17H23FN2O/c1-10-4-3-5-11(2)17(10)20-15-9-14-12(8-13(15)18)6-7-16(21)19-14/h8-11,17,20H,3-7H2,1-2H3,(H,19,21). The lowest BCUT2D eigenvalue weighted by Crippen LogP contribution is -2.37. The van der Waals surface area contributed by atoms with Gasteiger partial charge >= 0.3 is 0 Å². The normalized spacial score (nSPS) is 28.7. The quantitative estimate of drug-likeness (QED) is 0.866. The number of hydrogen-bond acceptors (Lipinski definition) is 2. The van der Waals surface area contributed by atoms with E-state index in [2.05, 4.69) is 24.5 Å². The second kappa shape index (κ2) is 5.66. The van der Waals surface area contributed by atoms with Crippen LogP contribution >= 0.6 is 0 Å². The van der Waals surface area contributed by atoms with Crippen LogP contribution in [0.3, 0.4) is 0 Å². The Labute approximate surface area is 125 Å². The van der Waals surface area contributed by atoms with Crippen LogP contribution in [0.1, 0.15) is 45.1 Å². The molecule has 21 heavy (non-hydrogen) atoms. The van der Waals surface area contributed by atoms with E-state index >= 15 is 0 Å². The summed E-state index contributed by atoms with van der Waals surface area (Å²) in [5, 5.41) is 6.23. The number of aryl methyl sites for hydroxylation is 1. The molecule has 4 heteroatoms. The van der Waals surface area contributed by atoms with Crippen LogP contribution in [0.4, 0.5) is 15.8 Å². The average Bonchev–Trinajstić information content (AvgIpc) is 2.44. The van der Waals surface area contributed by atoms with E-state index in [1.807, 2.05) is 0 Å². The second-order valence-electron chi connectivity index (χ2n) is 6.59. The van der Waals surface area contributed by atoms with E-state index in [9.17, 15) is 9.18 Å². The highest BCUT2D eigenvalue weighted by Gasteiger charge is 2.28. The summed E-state index contributed by atoms with van der Waals surface area (Å²) < 4.78 is 14.3. The molecular weight excluding hydrogens is 267 g/mol. The minimum absolute atomic E-state index is 0.0134. The van der Waals surface area contributed by atoms with Gasteiger partial charge in [-0.05, 0) is 48.8 Å². The van der Waals surface area contributed by atoms with Crippen LogP contribution < -0.4 is 10.6 Å². The van der Waals surface area contributed by atoms with E-state index in [4.69, 9.17) is 0 Å². The molecular formula is C17H23FN2O. The number of benzene rings is 1. The molecule has 3 rings (SSSR count). The molecule has 1 heterocycles. The molecule has 1 aromatic rings. The largest absolute Gasteiger partial charge is 0.379 e. The van der Waals surface area contributed by atoms with Crippen molar-refractivity contribution in [3.8, 4) is 0 Å². The topological polar surface area (TPSA) is 41.1 Å². The van der Waals surface area contributed by atoms with Gasteiger partial charge < -0.3 is 10.6 Å². The van der Waals surface area contributed by atoms with Gasteiger partial charge in [0.1, 0.15) is 5.82 Å². The molecule has 0 aromatic heterocycles. The number of anilines is 2. The molecule has 0 spiro atoms. The number of carbonyl (C=O) groups excluding carboxylic acids is 1. The Hall–Kier alpha value is -1.58. The minimum atomic E-state index is -0.213. The van der Waals surface area contributed by atoms with Gasteiger partial charge in [0, 0.05) is 18.2 Å². The summed E-state index contributed by atoms with van der Waals surface area (Å²) >= 11 is 0. The fraction of sp³-hybridized carbons (Fsp3) is 0.588. The summed E-state index contributed by atoms with van der Waals surface area (Å²) in [6, 6.07) is 3.62. The van der Waals surface area contributed by atoms with Crippen molar-refractivity contribution >= 4 is 17.3 Å². The molecule has 1 fully saturated rings. The first-order valence-corrected chi connectivity index (χ1v) is 7.93. The van der Waals surface area contributed by atoms with Gasteiger partial charge in [-0.15, -0.1) is 0 Å². The van der Waals surface area contributed by atoms with Crippen molar-refractivity contribution in [3.63, 3.8) is 0 Å². The van der Waals surface area contributed by atoms with Crippen LogP contribution in [-0.2, 0) is 11.2 Å². The third kappa shape index (κ3) is 2.89. The summed E-state index contributed by atoms with van der Waals surface area (Å²) in [6.45, 7) is 4.46. The molecule has 2 unspecified atom stereocenters. The molecule has 2 N–H and O–H groups in total. The van der Waals surface area contributed by atoms with Gasteiger partial charge in [-0.25, -0.2) is 4.39 Å². The van der Waals surface area contributed by atoms with Crippen molar-refractivity contribution < 1.29 is 9.18 Å². The summed E-state index contributed by atoms with van der Waals surface area (Å²) in [7, 11) is 0. The zero-order valence-corrected chi connectivity index (χ0v) is 12.7. The molecule has 2 atom stereocenters. The van der Waals surface area contributed by atoms with E-state index in [-0.39, 0.29) is 11.7 Å². The second-order valence-corrected chi connectivity index (χ2v) is 6.59. The molecule has 3 nitrogen and oxygen atoms in total. The van der Waals surface area contributed by atoms with Crippen molar-refractivity contribution in [1.29, 1.82) is 0 Å². The summed E-state index contributed by atoms with van der Waals surface area (Å²) in [4.78, 5) is 11.5. The van der Waals surface area contributed by atoms with Crippen molar-refractivity contribution in [2.24, 2.45) is 11.8 Å². The van der Waals surface area contributed by atoms with E-state index in [1.165, 1.54) is 19.3 Å². The van der Waals surface area contributed by atoms with Crippen LogP contribution in [0, 0.1) is 17.7 Å². The van der Waals surface area contributed by atoms with E-state index < -0.39 is 0 Å². The van der Waals surface area contributed by atoms with Crippen LogP contribution in [0.2, 0.25) is 0 Å². The molecule has 0 bridgehead atoms. The molecule has 1 aliphatic heterocycles. The lowest BCUT2D eigenvalue weighted by atomic mass is 9.78. The van der Waals surface area contributed by atoms with E-state index in [0.717, 1.165) is 11.3 Å². The molecule has 1 aromatic carbocycles. The number of rotatable bonds is 2. The Morgan fingerprint density at radius 1 is 1.19 bits per heavy atom. The van der Waals surface area contributed by atoms with E-state index in [0.29, 0.717) is 36.4 Å². The van der Waals surface area contributed by atoms with Gasteiger partial charge in [0.15, 0.2) is 0 Å². The average molecular weight is 290 g/mol. The molecule has 0 radical (unpaired) electrons. The Bertz CT molecular complexity index is 548. The first kappa shape index (κ1) is 14.4. The SMILES string of the molecule is CC1CCCC(C)C1Nc1cc2c(cc1F)CCC(=O)N2. The Kier molecular flexibility index (Phi) is 3.87. The molecule has 114 valence electrons. The summed E-state index contributed by atoms with van der Waals surface area (Å²) in [6.07, 6.45) is 4.68. The zero-order valence-electron chi connectivity index (χ0n) is 12.7. The maximum Gasteiger partial charge on any atom is 0.224 e. The molecule has 0 saturated heterocycles. The molecule has 1 aliphatic carbocycles. The number of carbonyl (C=O) groups is 1.